The molecule has 0 radical (unpaired) electrons. The molecule has 0 spiro atoms. The molecule has 0 bridgehead atoms. The molecule has 1 heterocycles. The highest BCUT2D eigenvalue weighted by atomic mass is 16.4. The van der Waals surface area contributed by atoms with Crippen LogP contribution >= 0.6 is 0 Å². The van der Waals surface area contributed by atoms with Gasteiger partial charge in [0.05, 0.1) is 12.0 Å². The van der Waals surface area contributed by atoms with Gasteiger partial charge >= 0.3 is 11.9 Å². The SMILES string of the molecule is Cc1cc(C)cc(Cn2cncc2C(CNC(CC(C)C)C(=O)O)C(=O)O)c1. The first-order valence-corrected chi connectivity index (χ1v) is 9.43. The largest absolute Gasteiger partial charge is 0.481 e. The number of rotatable bonds is 10. The van der Waals surface area contributed by atoms with E-state index in [0.717, 1.165) is 16.7 Å². The number of imidazole rings is 1. The average Bonchev–Trinajstić information content (AvgIpc) is 3.00. The van der Waals surface area contributed by atoms with Gasteiger partial charge in [-0.05, 0) is 31.7 Å². The number of benzene rings is 1. The van der Waals surface area contributed by atoms with Gasteiger partial charge in [0.15, 0.2) is 0 Å². The summed E-state index contributed by atoms with van der Waals surface area (Å²) in [6.45, 7) is 8.45. The third-order valence-electron chi connectivity index (χ3n) is 4.61. The number of aromatic nitrogens is 2. The van der Waals surface area contributed by atoms with E-state index in [1.165, 1.54) is 0 Å². The van der Waals surface area contributed by atoms with Crippen molar-refractivity contribution in [1.29, 1.82) is 0 Å². The zero-order valence-electron chi connectivity index (χ0n) is 16.8. The Kier molecular flexibility index (Phi) is 7.34. The van der Waals surface area contributed by atoms with Crippen molar-refractivity contribution in [3.05, 3.63) is 53.1 Å². The lowest BCUT2D eigenvalue weighted by Crippen LogP contribution is -2.41. The van der Waals surface area contributed by atoms with Crippen LogP contribution in [0, 0.1) is 19.8 Å². The molecule has 1 aromatic heterocycles. The molecule has 0 saturated heterocycles. The molecule has 0 aliphatic rings. The Morgan fingerprint density at radius 1 is 1.11 bits per heavy atom. The molecule has 2 aromatic rings. The molecular weight excluding hydrogens is 358 g/mol. The molecule has 0 aliphatic heterocycles. The highest BCUT2D eigenvalue weighted by Crippen LogP contribution is 2.19. The van der Waals surface area contributed by atoms with E-state index in [1.807, 2.05) is 32.3 Å². The third-order valence-corrected chi connectivity index (χ3v) is 4.61. The zero-order chi connectivity index (χ0) is 20.8. The number of nitrogens with zero attached hydrogens (tertiary/aromatic N) is 2. The number of carboxylic acid groups (broad SMARTS) is 2. The Hall–Kier alpha value is -2.67. The topological polar surface area (TPSA) is 104 Å². The average molecular weight is 387 g/mol. The molecule has 0 aliphatic carbocycles. The Morgan fingerprint density at radius 3 is 2.29 bits per heavy atom. The van der Waals surface area contributed by atoms with Gasteiger partial charge in [0.1, 0.15) is 12.0 Å². The minimum atomic E-state index is -1.01. The number of carboxylic acids is 2. The Labute approximate surface area is 165 Å². The van der Waals surface area contributed by atoms with Crippen LogP contribution in [-0.2, 0) is 16.1 Å². The van der Waals surface area contributed by atoms with Gasteiger partial charge in [-0.2, -0.15) is 0 Å². The summed E-state index contributed by atoms with van der Waals surface area (Å²) >= 11 is 0. The van der Waals surface area contributed by atoms with Crippen molar-refractivity contribution in [3.63, 3.8) is 0 Å². The molecule has 0 amide bonds. The molecule has 0 fully saturated rings. The molecule has 2 atom stereocenters. The van der Waals surface area contributed by atoms with Gasteiger partial charge in [-0.25, -0.2) is 4.98 Å². The van der Waals surface area contributed by atoms with Gasteiger partial charge in [0, 0.05) is 19.3 Å². The quantitative estimate of drug-likeness (QED) is 0.579. The molecule has 28 heavy (non-hydrogen) atoms. The second kappa shape index (κ2) is 9.50. The highest BCUT2D eigenvalue weighted by molar-refractivity contribution is 5.76. The maximum Gasteiger partial charge on any atom is 0.320 e. The van der Waals surface area contributed by atoms with Gasteiger partial charge in [-0.3, -0.25) is 9.59 Å². The molecule has 0 saturated carbocycles. The fourth-order valence-electron chi connectivity index (χ4n) is 3.43. The van der Waals surface area contributed by atoms with Crippen LogP contribution < -0.4 is 5.32 Å². The van der Waals surface area contributed by atoms with Crippen molar-refractivity contribution in [2.75, 3.05) is 6.54 Å². The third kappa shape index (κ3) is 5.92. The van der Waals surface area contributed by atoms with Gasteiger partial charge in [0.25, 0.3) is 0 Å². The lowest BCUT2D eigenvalue weighted by atomic mass is 10.0. The molecule has 7 heteroatoms. The first kappa shape index (κ1) is 21.6. The van der Waals surface area contributed by atoms with E-state index in [1.54, 1.807) is 12.5 Å². The smallest absolute Gasteiger partial charge is 0.320 e. The molecule has 1 aromatic carbocycles. The maximum atomic E-state index is 11.9. The number of hydrogen-bond acceptors (Lipinski definition) is 4. The number of hydrogen-bond donors (Lipinski definition) is 3. The van der Waals surface area contributed by atoms with Crippen molar-refractivity contribution in [2.24, 2.45) is 5.92 Å². The first-order chi connectivity index (χ1) is 13.2. The second-order valence-electron chi connectivity index (χ2n) is 7.76. The molecule has 3 N–H and O–H groups in total. The standard InChI is InChI=1S/C21H29N3O4/c1-13(2)5-18(21(27)28)23-9-17(20(25)26)19-10-22-12-24(19)11-16-7-14(3)6-15(4)8-16/h6-8,10,12-13,17-18,23H,5,9,11H2,1-4H3,(H,25,26)(H,27,28). The van der Waals surface area contributed by atoms with Gasteiger partial charge in [-0.1, -0.05) is 43.2 Å². The lowest BCUT2D eigenvalue weighted by molar-refractivity contribution is -0.142. The highest BCUT2D eigenvalue weighted by Gasteiger charge is 2.27. The fourth-order valence-corrected chi connectivity index (χ4v) is 3.43. The summed E-state index contributed by atoms with van der Waals surface area (Å²) < 4.78 is 1.81. The van der Waals surface area contributed by atoms with Crippen LogP contribution in [-0.4, -0.2) is 44.3 Å². The minimum Gasteiger partial charge on any atom is -0.481 e. The van der Waals surface area contributed by atoms with E-state index < -0.39 is 23.9 Å². The number of aliphatic carboxylic acids is 2. The van der Waals surface area contributed by atoms with Crippen molar-refractivity contribution in [3.8, 4) is 0 Å². The van der Waals surface area contributed by atoms with E-state index in [0.29, 0.717) is 18.7 Å². The monoisotopic (exact) mass is 387 g/mol. The van der Waals surface area contributed by atoms with Crippen LogP contribution in [0.2, 0.25) is 0 Å². The second-order valence-corrected chi connectivity index (χ2v) is 7.76. The molecular formula is C21H29N3O4. The Morgan fingerprint density at radius 2 is 1.75 bits per heavy atom. The van der Waals surface area contributed by atoms with E-state index in [9.17, 15) is 19.8 Å². The van der Waals surface area contributed by atoms with Gasteiger partial charge in [-0.15, -0.1) is 0 Å². The van der Waals surface area contributed by atoms with Crippen LogP contribution in [0.4, 0.5) is 0 Å². The van der Waals surface area contributed by atoms with Crippen LogP contribution in [0.5, 0.6) is 0 Å². The molecule has 2 rings (SSSR count). The minimum absolute atomic E-state index is 0.0254. The Bertz CT molecular complexity index is 809. The molecule has 7 nitrogen and oxygen atoms in total. The van der Waals surface area contributed by atoms with Crippen LogP contribution in [0.25, 0.3) is 0 Å². The predicted octanol–water partition coefficient (Wildman–Crippen LogP) is 2.81. The summed E-state index contributed by atoms with van der Waals surface area (Å²) in [4.78, 5) is 27.5. The van der Waals surface area contributed by atoms with Crippen molar-refractivity contribution in [1.82, 2.24) is 14.9 Å². The summed E-state index contributed by atoms with van der Waals surface area (Å²) in [7, 11) is 0. The van der Waals surface area contributed by atoms with Crippen LogP contribution in [0.15, 0.2) is 30.7 Å². The van der Waals surface area contributed by atoms with Gasteiger partial charge in [0.2, 0.25) is 0 Å². The lowest BCUT2D eigenvalue weighted by Gasteiger charge is -2.20. The van der Waals surface area contributed by atoms with Crippen LogP contribution in [0.3, 0.4) is 0 Å². The molecule has 152 valence electrons. The van der Waals surface area contributed by atoms with E-state index in [4.69, 9.17) is 0 Å². The Balaban J connectivity index is 2.19. The van der Waals surface area contributed by atoms with E-state index in [2.05, 4.69) is 28.5 Å². The predicted molar refractivity (Wildman–Crippen MR) is 107 cm³/mol. The van der Waals surface area contributed by atoms with E-state index in [-0.39, 0.29) is 12.5 Å². The van der Waals surface area contributed by atoms with Crippen LogP contribution in [0.1, 0.15) is 48.6 Å². The summed E-state index contributed by atoms with van der Waals surface area (Å²) in [5.41, 5.74) is 3.90. The normalized spacial score (nSPS) is 13.5. The summed E-state index contributed by atoms with van der Waals surface area (Å²) in [5.74, 6) is -2.68. The summed E-state index contributed by atoms with van der Waals surface area (Å²) in [5, 5.41) is 22.0. The van der Waals surface area contributed by atoms with Crippen molar-refractivity contribution < 1.29 is 19.8 Å². The maximum absolute atomic E-state index is 11.9. The number of aryl methyl sites for hydroxylation is 2. The number of nitrogens with one attached hydrogen (secondary N) is 1. The van der Waals surface area contributed by atoms with E-state index >= 15 is 0 Å². The fraction of sp³-hybridized carbons (Fsp3) is 0.476. The van der Waals surface area contributed by atoms with Crippen molar-refractivity contribution in [2.45, 2.75) is 52.6 Å². The zero-order valence-corrected chi connectivity index (χ0v) is 16.8. The summed E-state index contributed by atoms with van der Waals surface area (Å²) in [6, 6.07) is 5.43. The van der Waals surface area contributed by atoms with Gasteiger partial charge < -0.3 is 20.1 Å². The van der Waals surface area contributed by atoms with Crippen molar-refractivity contribution >= 4 is 11.9 Å². The molecule has 2 unspecified atom stereocenters. The summed E-state index contributed by atoms with van der Waals surface area (Å²) in [6.07, 6.45) is 3.59. The number of carbonyl (C=O) groups is 2. The first-order valence-electron chi connectivity index (χ1n) is 9.43.